The molecule has 4 rings (SSSR count). The zero-order valence-electron chi connectivity index (χ0n) is 14.9. The minimum atomic E-state index is -0.235. The molecule has 2 bridgehead atoms. The van der Waals surface area contributed by atoms with Gasteiger partial charge in [0.05, 0.1) is 31.3 Å². The number of allylic oxidation sites excluding steroid dienone is 2. The van der Waals surface area contributed by atoms with Gasteiger partial charge in [0.15, 0.2) is 0 Å². The number of hydrogen-bond acceptors (Lipinski definition) is 5. The molecule has 6 heteroatoms. The maximum absolute atomic E-state index is 12.7. The topological polar surface area (TPSA) is 68.2 Å². The summed E-state index contributed by atoms with van der Waals surface area (Å²) in [5, 5.41) is 5.26. The van der Waals surface area contributed by atoms with Gasteiger partial charge in [-0.3, -0.25) is 9.59 Å². The van der Waals surface area contributed by atoms with Crippen molar-refractivity contribution in [2.24, 2.45) is 28.8 Å². The Morgan fingerprint density at radius 3 is 2.35 bits per heavy atom. The summed E-state index contributed by atoms with van der Waals surface area (Å²) in [5.41, 5.74) is 0.703. The Bertz CT molecular complexity index is 771. The summed E-state index contributed by atoms with van der Waals surface area (Å²) < 4.78 is 11.1. The van der Waals surface area contributed by atoms with E-state index in [2.05, 4.69) is 17.3 Å². The second-order valence-corrected chi connectivity index (χ2v) is 6.80. The number of nitrogens with zero attached hydrogens (tertiary/aromatic N) is 2. The number of rotatable bonds is 6. The van der Waals surface area contributed by atoms with E-state index in [-0.39, 0.29) is 35.5 Å². The van der Waals surface area contributed by atoms with Crippen molar-refractivity contribution in [2.75, 3.05) is 13.2 Å². The molecule has 0 aromatic heterocycles. The number of ether oxygens (including phenoxy) is 2. The predicted molar refractivity (Wildman–Crippen MR) is 95.9 cm³/mol. The normalized spacial score (nSPS) is 29.1. The molecule has 6 nitrogen and oxygen atoms in total. The average Bonchev–Trinajstić information content (AvgIpc) is 3.30. The third-order valence-corrected chi connectivity index (χ3v) is 5.36. The first-order valence-electron chi connectivity index (χ1n) is 9.13. The van der Waals surface area contributed by atoms with Gasteiger partial charge in [-0.15, -0.1) is 0 Å². The van der Waals surface area contributed by atoms with E-state index in [1.54, 1.807) is 6.07 Å². The predicted octanol–water partition coefficient (Wildman–Crippen LogP) is 2.63. The van der Waals surface area contributed by atoms with Crippen LogP contribution in [-0.2, 0) is 9.59 Å². The number of carbonyl (C=O) groups excluding carboxylic acids is 2. The van der Waals surface area contributed by atoms with E-state index in [0.29, 0.717) is 30.3 Å². The summed E-state index contributed by atoms with van der Waals surface area (Å²) in [5.74, 6) is 0.857. The van der Waals surface area contributed by atoms with Crippen molar-refractivity contribution in [2.45, 2.75) is 20.3 Å². The van der Waals surface area contributed by atoms with Gasteiger partial charge >= 0.3 is 0 Å². The zero-order valence-corrected chi connectivity index (χ0v) is 14.9. The molecule has 0 N–H and O–H groups in total. The van der Waals surface area contributed by atoms with Gasteiger partial charge in [0.1, 0.15) is 11.5 Å². The van der Waals surface area contributed by atoms with Crippen molar-refractivity contribution in [1.82, 2.24) is 5.01 Å². The number of carbonyl (C=O) groups is 2. The van der Waals surface area contributed by atoms with Crippen molar-refractivity contribution >= 4 is 18.0 Å². The van der Waals surface area contributed by atoms with Crippen LogP contribution in [-0.4, -0.2) is 36.3 Å². The lowest BCUT2D eigenvalue weighted by molar-refractivity contribution is -0.140. The summed E-state index contributed by atoms with van der Waals surface area (Å²) >= 11 is 0. The highest BCUT2D eigenvalue weighted by Gasteiger charge is 2.59. The molecule has 136 valence electrons. The van der Waals surface area contributed by atoms with Crippen molar-refractivity contribution in [3.8, 4) is 11.5 Å². The Balaban J connectivity index is 1.57. The standard InChI is InChI=1S/C20H22N2O4/c1-3-25-15-8-7-14(16(10-15)26-4-2)11-21-22-19(23)17-12-5-6-13(9-12)18(17)20(22)24/h5-8,10-13,17-18H,3-4,9H2,1-2H3/b21-11-/t12-,13-,17-,18+/m1/s1. The van der Waals surface area contributed by atoms with Gasteiger partial charge in [0, 0.05) is 11.6 Å². The van der Waals surface area contributed by atoms with Gasteiger partial charge < -0.3 is 9.47 Å². The second kappa shape index (κ2) is 6.59. The highest BCUT2D eigenvalue weighted by molar-refractivity contribution is 6.06. The van der Waals surface area contributed by atoms with E-state index in [0.717, 1.165) is 11.4 Å². The summed E-state index contributed by atoms with van der Waals surface area (Å²) in [6.45, 7) is 4.87. The molecule has 0 unspecified atom stereocenters. The first kappa shape index (κ1) is 16.8. The van der Waals surface area contributed by atoms with Crippen molar-refractivity contribution in [3.05, 3.63) is 35.9 Å². The Morgan fingerprint density at radius 1 is 1.08 bits per heavy atom. The third-order valence-electron chi connectivity index (χ3n) is 5.36. The first-order valence-corrected chi connectivity index (χ1v) is 9.13. The van der Waals surface area contributed by atoms with Crippen LogP contribution in [0.2, 0.25) is 0 Å². The van der Waals surface area contributed by atoms with Gasteiger partial charge in [-0.05, 0) is 44.2 Å². The molecule has 3 aliphatic rings. The molecule has 4 atom stereocenters. The summed E-state index contributed by atoms with van der Waals surface area (Å²) in [7, 11) is 0. The molecule has 0 spiro atoms. The van der Waals surface area contributed by atoms with E-state index in [1.165, 1.54) is 6.21 Å². The summed E-state index contributed by atoms with van der Waals surface area (Å²) in [4.78, 5) is 25.3. The highest BCUT2D eigenvalue weighted by atomic mass is 16.5. The van der Waals surface area contributed by atoms with Gasteiger partial charge in [-0.1, -0.05) is 12.2 Å². The van der Waals surface area contributed by atoms with E-state index in [4.69, 9.17) is 9.47 Å². The van der Waals surface area contributed by atoms with Crippen LogP contribution < -0.4 is 9.47 Å². The molecule has 1 aromatic rings. The number of imide groups is 1. The van der Waals surface area contributed by atoms with E-state index in [9.17, 15) is 9.59 Å². The van der Waals surface area contributed by atoms with Crippen LogP contribution in [0, 0.1) is 23.7 Å². The molecular weight excluding hydrogens is 332 g/mol. The number of benzene rings is 1. The third kappa shape index (κ3) is 2.60. The Kier molecular flexibility index (Phi) is 4.26. The highest BCUT2D eigenvalue weighted by Crippen LogP contribution is 2.52. The molecule has 26 heavy (non-hydrogen) atoms. The fourth-order valence-electron chi connectivity index (χ4n) is 4.28. The van der Waals surface area contributed by atoms with Crippen molar-refractivity contribution in [1.29, 1.82) is 0 Å². The molecule has 0 radical (unpaired) electrons. The second-order valence-electron chi connectivity index (χ2n) is 6.80. The van der Waals surface area contributed by atoms with E-state index < -0.39 is 0 Å². The van der Waals surface area contributed by atoms with Crippen LogP contribution in [0.1, 0.15) is 25.8 Å². The Labute approximate surface area is 152 Å². The Hall–Kier alpha value is -2.63. The molecule has 1 aliphatic heterocycles. The van der Waals surface area contributed by atoms with Crippen LogP contribution in [0.25, 0.3) is 0 Å². The summed E-state index contributed by atoms with van der Waals surface area (Å²) in [6.07, 6.45) is 6.58. The number of amides is 2. The fraction of sp³-hybridized carbons (Fsp3) is 0.450. The van der Waals surface area contributed by atoms with Gasteiger partial charge in [0.2, 0.25) is 0 Å². The molecule has 2 aliphatic carbocycles. The smallest absolute Gasteiger partial charge is 0.254 e. The molecule has 1 heterocycles. The molecule has 1 saturated heterocycles. The van der Waals surface area contributed by atoms with Crippen LogP contribution >= 0.6 is 0 Å². The molecule has 2 fully saturated rings. The number of hydrogen-bond donors (Lipinski definition) is 0. The van der Waals surface area contributed by atoms with E-state index in [1.807, 2.05) is 26.0 Å². The first-order chi connectivity index (χ1) is 12.6. The van der Waals surface area contributed by atoms with Crippen LogP contribution in [0.3, 0.4) is 0 Å². The Morgan fingerprint density at radius 2 is 1.73 bits per heavy atom. The maximum atomic E-state index is 12.7. The van der Waals surface area contributed by atoms with Crippen LogP contribution in [0.4, 0.5) is 0 Å². The molecule has 1 saturated carbocycles. The monoisotopic (exact) mass is 354 g/mol. The molecular formula is C20H22N2O4. The SMILES string of the molecule is CCOc1ccc(/C=N\N2C(=O)[C@@H]3[C@H](C2=O)[C@@H]2C=C[C@@H]3C2)c(OCC)c1. The average molecular weight is 354 g/mol. The lowest BCUT2D eigenvalue weighted by atomic mass is 9.85. The van der Waals surface area contributed by atoms with Crippen LogP contribution in [0.5, 0.6) is 11.5 Å². The minimum Gasteiger partial charge on any atom is -0.494 e. The molecule has 1 aromatic carbocycles. The van der Waals surface area contributed by atoms with Crippen molar-refractivity contribution in [3.63, 3.8) is 0 Å². The zero-order chi connectivity index (χ0) is 18.3. The van der Waals surface area contributed by atoms with Gasteiger partial charge in [-0.25, -0.2) is 0 Å². The van der Waals surface area contributed by atoms with E-state index >= 15 is 0 Å². The lowest BCUT2D eigenvalue weighted by Gasteiger charge is -2.13. The number of hydrazone groups is 1. The van der Waals surface area contributed by atoms with Gasteiger partial charge in [0.25, 0.3) is 11.8 Å². The largest absolute Gasteiger partial charge is 0.494 e. The van der Waals surface area contributed by atoms with Crippen molar-refractivity contribution < 1.29 is 19.1 Å². The van der Waals surface area contributed by atoms with Gasteiger partial charge in [-0.2, -0.15) is 10.1 Å². The molecule has 2 amide bonds. The van der Waals surface area contributed by atoms with Crippen LogP contribution in [0.15, 0.2) is 35.5 Å². The minimum absolute atomic E-state index is 0.183. The fourth-order valence-corrected chi connectivity index (χ4v) is 4.28. The summed E-state index contributed by atoms with van der Waals surface area (Å²) in [6, 6.07) is 5.43. The lowest BCUT2D eigenvalue weighted by Crippen LogP contribution is -2.28. The maximum Gasteiger partial charge on any atom is 0.254 e. The number of fused-ring (bicyclic) bond motifs is 5. The quantitative estimate of drug-likeness (QED) is 0.447.